The normalized spacial score (nSPS) is 28.9. The number of hydrogen-bond acceptors (Lipinski definition) is 2. The lowest BCUT2D eigenvalue weighted by Gasteiger charge is -2.31. The molecule has 2 heteroatoms. The van der Waals surface area contributed by atoms with Crippen LogP contribution in [0, 0.1) is 11.8 Å². The van der Waals surface area contributed by atoms with Crippen molar-refractivity contribution in [2.24, 2.45) is 11.8 Å². The molecule has 2 nitrogen and oxygen atoms in total. The number of hydrogen-bond donors (Lipinski definition) is 1. The van der Waals surface area contributed by atoms with Crippen LogP contribution in [0.2, 0.25) is 0 Å². The Bertz CT molecular complexity index is 377. The molecule has 1 fully saturated rings. The fraction of sp³-hybridized carbons (Fsp3) is 0.647. The molecule has 19 heavy (non-hydrogen) atoms. The fourth-order valence-corrected chi connectivity index (χ4v) is 3.16. The summed E-state index contributed by atoms with van der Waals surface area (Å²) in [6.07, 6.45) is 4.13. The van der Waals surface area contributed by atoms with Crippen LogP contribution in [-0.2, 0) is 0 Å². The topological polar surface area (TPSA) is 21.3 Å². The molecule has 1 aromatic carbocycles. The molecule has 0 amide bonds. The second kappa shape index (κ2) is 6.42. The molecule has 3 atom stereocenters. The minimum atomic E-state index is 0.392. The summed E-state index contributed by atoms with van der Waals surface area (Å²) in [5.41, 5.74) is 1.31. The van der Waals surface area contributed by atoms with Gasteiger partial charge in [-0.05, 0) is 62.8 Å². The zero-order chi connectivity index (χ0) is 13.8. The van der Waals surface area contributed by atoms with Gasteiger partial charge in [-0.25, -0.2) is 0 Å². The zero-order valence-corrected chi connectivity index (χ0v) is 12.6. The molecule has 0 spiro atoms. The van der Waals surface area contributed by atoms with Crippen molar-refractivity contribution in [3.63, 3.8) is 0 Å². The van der Waals surface area contributed by atoms with Gasteiger partial charge in [-0.3, -0.25) is 0 Å². The maximum absolute atomic E-state index is 6.14. The standard InChI is InChI=1S/C17H27NO/c1-12-9-13(2)11-17(10-12)19-16-7-5-15(6-8-16)14(3)18-4/h5-8,12-14,17-18H,9-11H2,1-4H3. The molecule has 0 bridgehead atoms. The smallest absolute Gasteiger partial charge is 0.119 e. The largest absolute Gasteiger partial charge is 0.490 e. The van der Waals surface area contributed by atoms with Crippen molar-refractivity contribution < 1.29 is 4.74 Å². The van der Waals surface area contributed by atoms with Crippen molar-refractivity contribution >= 4 is 0 Å². The molecule has 1 saturated carbocycles. The Hall–Kier alpha value is -1.02. The van der Waals surface area contributed by atoms with Gasteiger partial charge in [0.05, 0.1) is 6.10 Å². The Morgan fingerprint density at radius 2 is 1.63 bits per heavy atom. The van der Waals surface area contributed by atoms with Crippen molar-refractivity contribution in [3.8, 4) is 5.75 Å². The lowest BCUT2D eigenvalue weighted by Crippen LogP contribution is -2.28. The molecule has 2 rings (SSSR count). The highest BCUT2D eigenvalue weighted by Gasteiger charge is 2.25. The van der Waals surface area contributed by atoms with E-state index >= 15 is 0 Å². The predicted molar refractivity (Wildman–Crippen MR) is 80.5 cm³/mol. The van der Waals surface area contributed by atoms with Crippen LogP contribution in [0.25, 0.3) is 0 Å². The second-order valence-electron chi connectivity index (χ2n) is 6.24. The SMILES string of the molecule is CNC(C)c1ccc(OC2CC(C)CC(C)C2)cc1. The highest BCUT2D eigenvalue weighted by atomic mass is 16.5. The van der Waals surface area contributed by atoms with Crippen LogP contribution in [-0.4, -0.2) is 13.2 Å². The summed E-state index contributed by atoms with van der Waals surface area (Å²) < 4.78 is 6.14. The van der Waals surface area contributed by atoms with Crippen LogP contribution in [0.15, 0.2) is 24.3 Å². The van der Waals surface area contributed by atoms with Gasteiger partial charge in [0.2, 0.25) is 0 Å². The molecule has 1 aromatic rings. The van der Waals surface area contributed by atoms with E-state index in [4.69, 9.17) is 4.74 Å². The fourth-order valence-electron chi connectivity index (χ4n) is 3.16. The van der Waals surface area contributed by atoms with Gasteiger partial charge >= 0.3 is 0 Å². The van der Waals surface area contributed by atoms with Crippen LogP contribution in [0.1, 0.15) is 51.6 Å². The van der Waals surface area contributed by atoms with E-state index in [2.05, 4.69) is 50.4 Å². The molecule has 1 aliphatic rings. The minimum absolute atomic E-state index is 0.392. The number of rotatable bonds is 4. The summed E-state index contributed by atoms with van der Waals surface area (Å²) in [6.45, 7) is 6.84. The first-order chi connectivity index (χ1) is 9.08. The third kappa shape index (κ3) is 3.97. The lowest BCUT2D eigenvalue weighted by atomic mass is 9.82. The van der Waals surface area contributed by atoms with Crippen molar-refractivity contribution in [2.75, 3.05) is 7.05 Å². The average molecular weight is 261 g/mol. The summed E-state index contributed by atoms with van der Waals surface area (Å²) in [7, 11) is 1.99. The van der Waals surface area contributed by atoms with Crippen LogP contribution < -0.4 is 10.1 Å². The van der Waals surface area contributed by atoms with Crippen molar-refractivity contribution in [3.05, 3.63) is 29.8 Å². The van der Waals surface area contributed by atoms with Gasteiger partial charge in [-0.15, -0.1) is 0 Å². The third-order valence-corrected chi connectivity index (χ3v) is 4.25. The Labute approximate surface area is 117 Å². The van der Waals surface area contributed by atoms with E-state index in [-0.39, 0.29) is 0 Å². The van der Waals surface area contributed by atoms with Gasteiger partial charge in [0.15, 0.2) is 0 Å². The van der Waals surface area contributed by atoms with Gasteiger partial charge in [-0.1, -0.05) is 26.0 Å². The number of benzene rings is 1. The Morgan fingerprint density at radius 1 is 1.05 bits per heavy atom. The van der Waals surface area contributed by atoms with Crippen molar-refractivity contribution in [2.45, 2.75) is 52.2 Å². The Morgan fingerprint density at radius 3 is 2.16 bits per heavy atom. The van der Waals surface area contributed by atoms with Gasteiger partial charge < -0.3 is 10.1 Å². The molecular formula is C17H27NO. The first kappa shape index (κ1) is 14.4. The Balaban J connectivity index is 1.95. The summed E-state index contributed by atoms with van der Waals surface area (Å²) in [5, 5.41) is 3.25. The molecule has 0 heterocycles. The average Bonchev–Trinajstić information content (AvgIpc) is 2.37. The maximum Gasteiger partial charge on any atom is 0.119 e. The van der Waals surface area contributed by atoms with E-state index in [1.54, 1.807) is 0 Å². The highest BCUT2D eigenvalue weighted by molar-refractivity contribution is 5.29. The quantitative estimate of drug-likeness (QED) is 0.878. The second-order valence-corrected chi connectivity index (χ2v) is 6.24. The molecule has 106 valence electrons. The van der Waals surface area contributed by atoms with Crippen LogP contribution in [0.5, 0.6) is 5.75 Å². The summed E-state index contributed by atoms with van der Waals surface area (Å²) >= 11 is 0. The van der Waals surface area contributed by atoms with Gasteiger partial charge in [0.1, 0.15) is 5.75 Å². The van der Waals surface area contributed by atoms with Gasteiger partial charge in [0, 0.05) is 6.04 Å². The Kier molecular flexibility index (Phi) is 4.87. The molecule has 1 N–H and O–H groups in total. The molecule has 0 aromatic heterocycles. The number of nitrogens with one attached hydrogen (secondary N) is 1. The van der Waals surface area contributed by atoms with E-state index in [1.807, 2.05) is 7.05 Å². The summed E-state index contributed by atoms with van der Waals surface area (Å²) in [4.78, 5) is 0. The monoisotopic (exact) mass is 261 g/mol. The molecule has 0 radical (unpaired) electrons. The van der Waals surface area contributed by atoms with E-state index in [9.17, 15) is 0 Å². The van der Waals surface area contributed by atoms with Gasteiger partial charge in [0.25, 0.3) is 0 Å². The van der Waals surface area contributed by atoms with E-state index < -0.39 is 0 Å². The summed E-state index contributed by atoms with van der Waals surface area (Å²) in [6, 6.07) is 8.92. The summed E-state index contributed by atoms with van der Waals surface area (Å²) in [5.74, 6) is 2.59. The van der Waals surface area contributed by atoms with Crippen LogP contribution in [0.4, 0.5) is 0 Å². The number of ether oxygens (including phenoxy) is 1. The maximum atomic E-state index is 6.14. The van der Waals surface area contributed by atoms with Crippen molar-refractivity contribution in [1.29, 1.82) is 0 Å². The van der Waals surface area contributed by atoms with Crippen molar-refractivity contribution in [1.82, 2.24) is 5.32 Å². The molecule has 3 unspecified atom stereocenters. The van der Waals surface area contributed by atoms with Crippen LogP contribution in [0.3, 0.4) is 0 Å². The first-order valence-electron chi connectivity index (χ1n) is 7.52. The third-order valence-electron chi connectivity index (χ3n) is 4.25. The molecular weight excluding hydrogens is 234 g/mol. The van der Waals surface area contributed by atoms with E-state index in [0.717, 1.165) is 17.6 Å². The molecule has 0 saturated heterocycles. The predicted octanol–water partition coefficient (Wildman–Crippen LogP) is 4.17. The van der Waals surface area contributed by atoms with E-state index in [0.29, 0.717) is 12.1 Å². The van der Waals surface area contributed by atoms with Gasteiger partial charge in [-0.2, -0.15) is 0 Å². The molecule has 0 aliphatic heterocycles. The zero-order valence-electron chi connectivity index (χ0n) is 12.6. The van der Waals surface area contributed by atoms with E-state index in [1.165, 1.54) is 24.8 Å². The van der Waals surface area contributed by atoms with Crippen LogP contribution >= 0.6 is 0 Å². The lowest BCUT2D eigenvalue weighted by molar-refractivity contribution is 0.101. The minimum Gasteiger partial charge on any atom is -0.490 e. The first-order valence-corrected chi connectivity index (χ1v) is 7.52. The highest BCUT2D eigenvalue weighted by Crippen LogP contribution is 2.31. The molecule has 1 aliphatic carbocycles.